The van der Waals surface area contributed by atoms with Crippen molar-refractivity contribution in [3.63, 3.8) is 0 Å². The SMILES string of the molecule is CC(C)(C)OC(=O)CCCOCCO.CC(C)(C)OC(=O)OC(=O)OC(C)(C)C.NCCOCCO. The molecule has 0 aliphatic carbocycles. The summed E-state index contributed by atoms with van der Waals surface area (Å²) in [7, 11) is 0. The molecule has 0 spiro atoms. The van der Waals surface area contributed by atoms with Gasteiger partial charge < -0.3 is 44.4 Å². The molecule has 0 heterocycles. The van der Waals surface area contributed by atoms with Crippen LogP contribution in [0, 0.1) is 0 Å². The first-order valence-corrected chi connectivity index (χ1v) is 11.8. The number of carbonyl (C=O) groups excluding carboxylic acids is 3. The Morgan fingerprint density at radius 1 is 0.639 bits per heavy atom. The molecule has 0 aromatic carbocycles. The highest BCUT2D eigenvalue weighted by atomic mass is 16.8. The lowest BCUT2D eigenvalue weighted by atomic mass is 10.2. The second-order valence-corrected chi connectivity index (χ2v) is 10.2. The van der Waals surface area contributed by atoms with E-state index in [0.29, 0.717) is 45.8 Å². The molecule has 36 heavy (non-hydrogen) atoms. The molecule has 0 atom stereocenters. The van der Waals surface area contributed by atoms with E-state index in [1.807, 2.05) is 20.8 Å². The number of rotatable bonds is 10. The predicted molar refractivity (Wildman–Crippen MR) is 133 cm³/mol. The smallest absolute Gasteiger partial charge is 0.460 e. The second kappa shape index (κ2) is 21.1. The first-order valence-electron chi connectivity index (χ1n) is 11.8. The molecule has 0 amide bonds. The second-order valence-electron chi connectivity index (χ2n) is 10.2. The molecule has 12 heteroatoms. The number of nitrogens with two attached hydrogens (primary N) is 1. The summed E-state index contributed by atoms with van der Waals surface area (Å²) in [6.45, 7) is 17.9. The quantitative estimate of drug-likeness (QED) is 0.164. The molecule has 4 N–H and O–H groups in total. The van der Waals surface area contributed by atoms with Crippen LogP contribution in [0.15, 0.2) is 0 Å². The number of esters is 1. The molecule has 0 saturated carbocycles. The lowest BCUT2D eigenvalue weighted by molar-refractivity contribution is -0.155. The number of hydrogen-bond acceptors (Lipinski definition) is 12. The third kappa shape index (κ3) is 39.2. The summed E-state index contributed by atoms with van der Waals surface area (Å²) < 4.78 is 28.7. The van der Waals surface area contributed by atoms with Crippen molar-refractivity contribution in [2.45, 2.75) is 92.0 Å². The molecule has 0 rings (SSSR count). The van der Waals surface area contributed by atoms with Crippen LogP contribution in [0.2, 0.25) is 0 Å². The van der Waals surface area contributed by atoms with Gasteiger partial charge in [0.05, 0.1) is 33.0 Å². The number of hydrogen-bond donors (Lipinski definition) is 3. The standard InChI is InChI=1S/C10H18O5.C10H20O4.C4H11NO2/c1-9(2,3)14-7(11)13-8(12)15-10(4,5)6;1-10(2,3)14-9(12)5-4-7-13-8-6-11;5-1-3-7-4-2-6/h1-6H3;11H,4-8H2,1-3H3;6H,1-5H2. The molecule has 12 nitrogen and oxygen atoms in total. The van der Waals surface area contributed by atoms with Gasteiger partial charge in [0.1, 0.15) is 16.8 Å². The highest BCUT2D eigenvalue weighted by molar-refractivity contribution is 5.77. The maximum atomic E-state index is 11.2. The molecule has 216 valence electrons. The summed E-state index contributed by atoms with van der Waals surface area (Å²) in [6, 6.07) is 0. The van der Waals surface area contributed by atoms with Crippen LogP contribution in [-0.4, -0.2) is 91.5 Å². The van der Waals surface area contributed by atoms with Crippen molar-refractivity contribution in [3.8, 4) is 0 Å². The van der Waals surface area contributed by atoms with E-state index in [0.717, 1.165) is 0 Å². The summed E-state index contributed by atoms with van der Waals surface area (Å²) in [5.74, 6) is -0.204. The van der Waals surface area contributed by atoms with Gasteiger partial charge >= 0.3 is 18.3 Å². The highest BCUT2D eigenvalue weighted by Gasteiger charge is 2.24. The Balaban J connectivity index is -0.000000483. The molecular formula is C24H49NO11. The molecule has 0 fully saturated rings. The third-order valence-electron chi connectivity index (χ3n) is 2.77. The summed E-state index contributed by atoms with van der Waals surface area (Å²) in [4.78, 5) is 33.2. The van der Waals surface area contributed by atoms with Crippen LogP contribution in [0.5, 0.6) is 0 Å². The van der Waals surface area contributed by atoms with Crippen LogP contribution in [0.3, 0.4) is 0 Å². The molecule has 0 saturated heterocycles. The summed E-state index contributed by atoms with van der Waals surface area (Å²) in [5, 5.41) is 16.5. The number of aliphatic hydroxyl groups excluding tert-OH is 2. The number of ether oxygens (including phenoxy) is 6. The Morgan fingerprint density at radius 3 is 1.36 bits per heavy atom. The van der Waals surface area contributed by atoms with E-state index in [1.54, 1.807) is 41.5 Å². The fourth-order valence-electron chi connectivity index (χ4n) is 1.74. The minimum Gasteiger partial charge on any atom is -0.460 e. The normalized spacial score (nSPS) is 11.2. The van der Waals surface area contributed by atoms with Crippen LogP contribution in [-0.2, 0) is 33.2 Å². The van der Waals surface area contributed by atoms with Gasteiger partial charge in [-0.3, -0.25) is 4.79 Å². The monoisotopic (exact) mass is 527 g/mol. The molecular weight excluding hydrogens is 478 g/mol. The van der Waals surface area contributed by atoms with E-state index in [4.69, 9.17) is 39.6 Å². The van der Waals surface area contributed by atoms with Gasteiger partial charge in [0, 0.05) is 19.6 Å². The van der Waals surface area contributed by atoms with Crippen LogP contribution >= 0.6 is 0 Å². The van der Waals surface area contributed by atoms with Crippen LogP contribution in [0.25, 0.3) is 0 Å². The lowest BCUT2D eigenvalue weighted by Crippen LogP contribution is -2.29. The Morgan fingerprint density at radius 2 is 1.03 bits per heavy atom. The lowest BCUT2D eigenvalue weighted by Gasteiger charge is -2.20. The van der Waals surface area contributed by atoms with Crippen molar-refractivity contribution < 1.29 is 53.0 Å². The Kier molecular flexibility index (Phi) is 22.6. The number of aliphatic hydroxyl groups is 2. The van der Waals surface area contributed by atoms with E-state index in [1.165, 1.54) is 0 Å². The van der Waals surface area contributed by atoms with E-state index < -0.39 is 29.1 Å². The largest absolute Gasteiger partial charge is 0.519 e. The molecule has 0 aliphatic rings. The van der Waals surface area contributed by atoms with Crippen LogP contribution in [0.1, 0.15) is 75.2 Å². The molecule has 0 unspecified atom stereocenters. The number of carbonyl (C=O) groups is 3. The summed E-state index contributed by atoms with van der Waals surface area (Å²) in [6.07, 6.45) is -1.12. The van der Waals surface area contributed by atoms with Crippen molar-refractivity contribution in [3.05, 3.63) is 0 Å². The fraction of sp³-hybridized carbons (Fsp3) is 0.875. The molecule has 0 radical (unpaired) electrons. The first-order chi connectivity index (χ1) is 16.4. The van der Waals surface area contributed by atoms with E-state index in [-0.39, 0.29) is 19.2 Å². The van der Waals surface area contributed by atoms with Crippen molar-refractivity contribution in [1.29, 1.82) is 0 Å². The minimum atomic E-state index is -1.06. The maximum Gasteiger partial charge on any atom is 0.519 e. The van der Waals surface area contributed by atoms with E-state index >= 15 is 0 Å². The third-order valence-corrected chi connectivity index (χ3v) is 2.77. The van der Waals surface area contributed by atoms with Gasteiger partial charge in [-0.05, 0) is 68.7 Å². The zero-order chi connectivity index (χ0) is 28.8. The van der Waals surface area contributed by atoms with Crippen molar-refractivity contribution in [1.82, 2.24) is 0 Å². The van der Waals surface area contributed by atoms with Gasteiger partial charge in [-0.15, -0.1) is 0 Å². The maximum absolute atomic E-state index is 11.2. The fourth-order valence-corrected chi connectivity index (χ4v) is 1.74. The van der Waals surface area contributed by atoms with Gasteiger partial charge in [-0.25, -0.2) is 9.59 Å². The zero-order valence-corrected chi connectivity index (χ0v) is 23.5. The van der Waals surface area contributed by atoms with Crippen molar-refractivity contribution in [2.24, 2.45) is 5.73 Å². The Labute approximate surface area is 215 Å². The van der Waals surface area contributed by atoms with E-state index in [9.17, 15) is 14.4 Å². The van der Waals surface area contributed by atoms with Crippen LogP contribution < -0.4 is 5.73 Å². The topological polar surface area (TPSA) is 173 Å². The Bertz CT molecular complexity index is 546. The van der Waals surface area contributed by atoms with Gasteiger partial charge in [0.25, 0.3) is 0 Å². The Hall–Kier alpha value is -1.99. The average Bonchev–Trinajstić information content (AvgIpc) is 2.64. The van der Waals surface area contributed by atoms with Gasteiger partial charge in [-0.2, -0.15) is 0 Å². The predicted octanol–water partition coefficient (Wildman–Crippen LogP) is 2.94. The van der Waals surface area contributed by atoms with Gasteiger partial charge in [0.2, 0.25) is 0 Å². The molecule has 0 aromatic rings. The zero-order valence-electron chi connectivity index (χ0n) is 23.5. The summed E-state index contributed by atoms with van der Waals surface area (Å²) >= 11 is 0. The highest BCUT2D eigenvalue weighted by Crippen LogP contribution is 2.11. The average molecular weight is 528 g/mol. The molecule has 0 bridgehead atoms. The molecule has 0 aromatic heterocycles. The van der Waals surface area contributed by atoms with Crippen molar-refractivity contribution >= 4 is 18.3 Å². The van der Waals surface area contributed by atoms with E-state index in [2.05, 4.69) is 4.74 Å². The van der Waals surface area contributed by atoms with Gasteiger partial charge in [-0.1, -0.05) is 0 Å². The first kappa shape index (κ1) is 38.5. The van der Waals surface area contributed by atoms with Gasteiger partial charge in [0.15, 0.2) is 0 Å². The summed E-state index contributed by atoms with van der Waals surface area (Å²) in [5.41, 5.74) is 3.26. The van der Waals surface area contributed by atoms with Crippen molar-refractivity contribution in [2.75, 3.05) is 46.2 Å². The minimum absolute atomic E-state index is 0.0203. The molecule has 0 aliphatic heterocycles. The van der Waals surface area contributed by atoms with Crippen LogP contribution in [0.4, 0.5) is 9.59 Å².